The van der Waals surface area contributed by atoms with Crippen molar-refractivity contribution in [1.29, 1.82) is 0 Å². The quantitative estimate of drug-likeness (QED) is 0.356. The van der Waals surface area contributed by atoms with Gasteiger partial charge >= 0.3 is 5.97 Å². The Bertz CT molecular complexity index is 1080. The molecule has 10 heteroatoms. The molecule has 146 valence electrons. The van der Waals surface area contributed by atoms with Crippen LogP contribution in [-0.4, -0.2) is 35.5 Å². The number of imide groups is 1. The summed E-state index contributed by atoms with van der Waals surface area (Å²) in [6, 6.07) is 13.5. The van der Waals surface area contributed by atoms with Gasteiger partial charge in [-0.1, -0.05) is 30.3 Å². The van der Waals surface area contributed by atoms with Gasteiger partial charge in [-0.2, -0.15) is 5.10 Å². The molecule has 1 fully saturated rings. The number of hydrazone groups is 1. The van der Waals surface area contributed by atoms with E-state index in [1.54, 1.807) is 30.3 Å². The van der Waals surface area contributed by atoms with Crippen molar-refractivity contribution in [2.45, 2.75) is 5.54 Å². The number of nitro groups is 1. The van der Waals surface area contributed by atoms with Crippen LogP contribution in [0.1, 0.15) is 5.56 Å². The molecule has 0 saturated carbocycles. The Morgan fingerprint density at radius 1 is 1.21 bits per heavy atom. The molecule has 0 aliphatic carbocycles. The van der Waals surface area contributed by atoms with Crippen molar-refractivity contribution >= 4 is 34.9 Å². The van der Waals surface area contributed by atoms with Crippen LogP contribution in [0.2, 0.25) is 0 Å². The number of non-ortho nitro benzene ring substituents is 1. The topological polar surface area (TPSA) is 131 Å². The number of esters is 1. The third kappa shape index (κ3) is 2.49. The molecule has 2 aromatic rings. The van der Waals surface area contributed by atoms with Crippen LogP contribution in [0.25, 0.3) is 0 Å². The fourth-order valence-corrected chi connectivity index (χ4v) is 3.67. The van der Waals surface area contributed by atoms with E-state index < -0.39 is 34.2 Å². The molecule has 2 atom stereocenters. The van der Waals surface area contributed by atoms with E-state index in [1.165, 1.54) is 24.3 Å². The molecular formula is C19H14N4O6. The number of anilines is 1. The van der Waals surface area contributed by atoms with Crippen LogP contribution in [-0.2, 0) is 24.7 Å². The normalized spacial score (nSPS) is 22.7. The number of ether oxygens (including phenoxy) is 1. The van der Waals surface area contributed by atoms with Crippen LogP contribution in [0.15, 0.2) is 59.7 Å². The smallest absolute Gasteiger partial charge is 0.355 e. The zero-order valence-corrected chi connectivity index (χ0v) is 15.1. The zero-order valence-electron chi connectivity index (χ0n) is 15.1. The molecule has 2 heterocycles. The first-order valence-electron chi connectivity index (χ1n) is 8.53. The Morgan fingerprint density at radius 2 is 1.93 bits per heavy atom. The molecule has 4 rings (SSSR count). The minimum atomic E-state index is -1.79. The lowest BCUT2D eigenvalue weighted by molar-refractivity contribution is -0.385. The minimum absolute atomic E-state index is 0.149. The third-order valence-electron chi connectivity index (χ3n) is 4.99. The summed E-state index contributed by atoms with van der Waals surface area (Å²) in [5.74, 6) is -3.57. The third-order valence-corrected chi connectivity index (χ3v) is 4.99. The van der Waals surface area contributed by atoms with E-state index in [9.17, 15) is 24.5 Å². The number of hydrogen-bond donors (Lipinski definition) is 1. The molecule has 0 radical (unpaired) electrons. The number of nitro benzene ring substituents is 1. The van der Waals surface area contributed by atoms with Crippen LogP contribution >= 0.6 is 0 Å². The molecule has 1 saturated heterocycles. The average Bonchev–Trinajstić information content (AvgIpc) is 3.24. The lowest BCUT2D eigenvalue weighted by Gasteiger charge is -2.26. The van der Waals surface area contributed by atoms with Gasteiger partial charge < -0.3 is 4.74 Å². The van der Waals surface area contributed by atoms with Crippen molar-refractivity contribution in [3.05, 3.63) is 70.3 Å². The largest absolute Gasteiger partial charge is 0.464 e. The van der Waals surface area contributed by atoms with Crippen LogP contribution in [0.5, 0.6) is 0 Å². The first-order valence-corrected chi connectivity index (χ1v) is 8.53. The fraction of sp³-hybridized carbons (Fsp3) is 0.158. The van der Waals surface area contributed by atoms with Gasteiger partial charge in [0.1, 0.15) is 5.92 Å². The predicted molar refractivity (Wildman–Crippen MR) is 99.8 cm³/mol. The van der Waals surface area contributed by atoms with Gasteiger partial charge in [-0.25, -0.2) is 9.69 Å². The molecule has 0 aromatic heterocycles. The number of carbonyl (C=O) groups is 3. The van der Waals surface area contributed by atoms with Gasteiger partial charge in [0, 0.05) is 12.1 Å². The number of hydrogen-bond acceptors (Lipinski definition) is 8. The number of methoxy groups -OCH3 is 1. The minimum Gasteiger partial charge on any atom is -0.464 e. The Balaban J connectivity index is 1.92. The van der Waals surface area contributed by atoms with Crippen molar-refractivity contribution in [1.82, 2.24) is 5.43 Å². The highest BCUT2D eigenvalue weighted by atomic mass is 16.6. The van der Waals surface area contributed by atoms with Gasteiger partial charge in [0.05, 0.1) is 17.7 Å². The molecule has 0 bridgehead atoms. The summed E-state index contributed by atoms with van der Waals surface area (Å²) in [6.45, 7) is 0. The van der Waals surface area contributed by atoms with E-state index in [0.29, 0.717) is 5.69 Å². The highest BCUT2D eigenvalue weighted by molar-refractivity contribution is 6.47. The second-order valence-corrected chi connectivity index (χ2v) is 6.46. The van der Waals surface area contributed by atoms with E-state index in [1.807, 2.05) is 0 Å². The van der Waals surface area contributed by atoms with Crippen molar-refractivity contribution < 1.29 is 24.0 Å². The monoisotopic (exact) mass is 394 g/mol. The second kappa shape index (κ2) is 6.51. The maximum Gasteiger partial charge on any atom is 0.355 e. The first-order chi connectivity index (χ1) is 13.9. The van der Waals surface area contributed by atoms with Crippen LogP contribution in [0.3, 0.4) is 0 Å². The number of carbonyl (C=O) groups excluding carboxylic acids is 3. The summed E-state index contributed by atoms with van der Waals surface area (Å²) in [5, 5.41) is 15.1. The standard InChI is InChI=1S/C19H14N4O6/c1-29-17(25)15-14-16(24)22(12-7-3-2-4-8-12)18(26)19(14,21-20-15)11-6-5-9-13(10-11)23(27)28/h2-10,14,21H,1H3/t14-,19-/m1/s1. The molecular weight excluding hydrogens is 380 g/mol. The van der Waals surface area contributed by atoms with E-state index in [4.69, 9.17) is 4.74 Å². The zero-order chi connectivity index (χ0) is 20.8. The Morgan fingerprint density at radius 3 is 2.59 bits per heavy atom. The molecule has 1 N–H and O–H groups in total. The van der Waals surface area contributed by atoms with Gasteiger partial charge in [0.25, 0.3) is 11.6 Å². The molecule has 0 spiro atoms. The maximum absolute atomic E-state index is 13.5. The molecule has 0 unspecified atom stereocenters. The Labute approximate surface area is 163 Å². The highest BCUT2D eigenvalue weighted by Crippen LogP contribution is 2.45. The molecule has 2 aliphatic heterocycles. The summed E-state index contributed by atoms with van der Waals surface area (Å²) < 4.78 is 4.71. The van der Waals surface area contributed by atoms with Gasteiger partial charge in [-0.3, -0.25) is 25.1 Å². The fourth-order valence-electron chi connectivity index (χ4n) is 3.67. The van der Waals surface area contributed by atoms with Crippen LogP contribution in [0.4, 0.5) is 11.4 Å². The van der Waals surface area contributed by atoms with E-state index >= 15 is 0 Å². The van der Waals surface area contributed by atoms with Crippen molar-refractivity contribution in [2.75, 3.05) is 12.0 Å². The SMILES string of the molecule is COC(=O)C1=NN[C@@]2(c3cccc([N+](=O)[O-])c3)C(=O)N(c3ccccc3)C(=O)[C@@H]12. The van der Waals surface area contributed by atoms with Crippen LogP contribution in [0, 0.1) is 16.0 Å². The Hall–Kier alpha value is -4.08. The lowest BCUT2D eigenvalue weighted by atomic mass is 9.78. The number of benzene rings is 2. The van der Waals surface area contributed by atoms with Crippen molar-refractivity contribution in [3.63, 3.8) is 0 Å². The average molecular weight is 394 g/mol. The summed E-state index contributed by atoms with van der Waals surface area (Å²) in [4.78, 5) is 50.6. The van der Waals surface area contributed by atoms with Crippen LogP contribution < -0.4 is 10.3 Å². The maximum atomic E-state index is 13.5. The number of para-hydroxylation sites is 1. The predicted octanol–water partition coefficient (Wildman–Crippen LogP) is 1.11. The molecule has 29 heavy (non-hydrogen) atoms. The second-order valence-electron chi connectivity index (χ2n) is 6.46. The van der Waals surface area contributed by atoms with Gasteiger partial charge in [0.2, 0.25) is 5.91 Å². The summed E-state index contributed by atoms with van der Waals surface area (Å²) in [7, 11) is 1.13. The van der Waals surface area contributed by atoms with E-state index in [2.05, 4.69) is 10.5 Å². The van der Waals surface area contributed by atoms with Gasteiger partial charge in [-0.05, 0) is 17.7 Å². The molecule has 2 aromatic carbocycles. The number of amides is 2. The van der Waals surface area contributed by atoms with Gasteiger partial charge in [-0.15, -0.1) is 0 Å². The Kier molecular flexibility index (Phi) is 4.11. The van der Waals surface area contributed by atoms with Gasteiger partial charge in [0.15, 0.2) is 11.3 Å². The highest BCUT2D eigenvalue weighted by Gasteiger charge is 2.67. The summed E-state index contributed by atoms with van der Waals surface area (Å²) in [6.07, 6.45) is 0. The lowest BCUT2D eigenvalue weighted by Crippen LogP contribution is -2.48. The number of rotatable bonds is 4. The summed E-state index contributed by atoms with van der Waals surface area (Å²) >= 11 is 0. The number of nitrogens with one attached hydrogen (secondary N) is 1. The number of fused-ring (bicyclic) bond motifs is 1. The number of nitrogens with zero attached hydrogens (tertiary/aromatic N) is 3. The molecule has 10 nitrogen and oxygen atoms in total. The first kappa shape index (κ1) is 18.3. The van der Waals surface area contributed by atoms with Crippen molar-refractivity contribution in [2.24, 2.45) is 11.0 Å². The van der Waals surface area contributed by atoms with Crippen molar-refractivity contribution in [3.8, 4) is 0 Å². The molecule has 2 amide bonds. The van der Waals surface area contributed by atoms with E-state index in [0.717, 1.165) is 12.0 Å². The summed E-state index contributed by atoms with van der Waals surface area (Å²) in [5.41, 5.74) is 0.755. The molecule has 2 aliphatic rings. The van der Waals surface area contributed by atoms with E-state index in [-0.39, 0.29) is 17.0 Å².